The zero-order chi connectivity index (χ0) is 20.8. The van der Waals surface area contributed by atoms with Crippen molar-refractivity contribution in [2.45, 2.75) is 25.7 Å². The second-order valence-electron chi connectivity index (χ2n) is 5.56. The van der Waals surface area contributed by atoms with Gasteiger partial charge in [0.1, 0.15) is 11.5 Å². The molecule has 0 bridgehead atoms. The van der Waals surface area contributed by atoms with Crippen LogP contribution in [-0.4, -0.2) is 29.5 Å². The van der Waals surface area contributed by atoms with E-state index in [-0.39, 0.29) is 11.7 Å². The number of ether oxygens (including phenoxy) is 2. The van der Waals surface area contributed by atoms with Crippen molar-refractivity contribution in [1.29, 1.82) is 0 Å². The Balaban J connectivity index is 0.000000280. The Morgan fingerprint density at radius 3 is 1.54 bits per heavy atom. The van der Waals surface area contributed by atoms with Gasteiger partial charge < -0.3 is 14.6 Å². The predicted octanol–water partition coefficient (Wildman–Crippen LogP) is 6.07. The van der Waals surface area contributed by atoms with Crippen molar-refractivity contribution >= 4 is 54.7 Å². The Labute approximate surface area is 186 Å². The Morgan fingerprint density at radius 1 is 0.786 bits per heavy atom. The minimum absolute atomic E-state index is 0.149. The minimum atomic E-state index is -0.788. The molecule has 0 aliphatic rings. The lowest BCUT2D eigenvalue weighted by Gasteiger charge is -2.04. The second kappa shape index (κ2) is 14.4. The van der Waals surface area contributed by atoms with Gasteiger partial charge in [0.05, 0.1) is 13.2 Å². The predicted molar refractivity (Wildman–Crippen MR) is 116 cm³/mol. The van der Waals surface area contributed by atoms with Crippen molar-refractivity contribution < 1.29 is 24.2 Å². The number of benzene rings is 2. The molecule has 0 spiro atoms. The molecule has 2 aromatic rings. The molecule has 2 aromatic carbocycles. The van der Waals surface area contributed by atoms with Crippen LogP contribution >= 0.6 is 43.5 Å². The highest BCUT2D eigenvalue weighted by Gasteiger charge is 1.98. The molecule has 0 aromatic heterocycles. The number of carbonyl (C=O) groups excluding carboxylic acids is 1. The fourth-order valence-corrected chi connectivity index (χ4v) is 2.54. The average Bonchev–Trinajstić information content (AvgIpc) is 2.65. The van der Waals surface area contributed by atoms with Gasteiger partial charge >= 0.3 is 5.97 Å². The minimum Gasteiger partial charge on any atom is -0.494 e. The fourth-order valence-electron chi connectivity index (χ4n) is 1.88. The molecule has 0 amide bonds. The van der Waals surface area contributed by atoms with Crippen LogP contribution in [0.2, 0.25) is 0 Å². The van der Waals surface area contributed by atoms with Crippen LogP contribution in [0, 0.1) is 0 Å². The van der Waals surface area contributed by atoms with E-state index in [0.29, 0.717) is 32.5 Å². The fraction of sp³-hybridized carbons (Fsp3) is 0.300. The number of hydrogen-bond donors (Lipinski definition) is 1. The van der Waals surface area contributed by atoms with Crippen molar-refractivity contribution in [3.63, 3.8) is 0 Å². The molecular weight excluding hydrogens is 515 g/mol. The summed E-state index contributed by atoms with van der Waals surface area (Å²) in [6.07, 6.45) is 1.69. The second-order valence-corrected chi connectivity index (χ2v) is 7.81. The summed E-state index contributed by atoms with van der Waals surface area (Å²) in [4.78, 5) is 20.6. The summed E-state index contributed by atoms with van der Waals surface area (Å²) < 4.78 is 12.7. The number of carboxylic acid groups (broad SMARTS) is 1. The van der Waals surface area contributed by atoms with Gasteiger partial charge in [-0.05, 0) is 73.0 Å². The lowest BCUT2D eigenvalue weighted by atomic mass is 10.3. The average molecular weight is 537 g/mol. The van der Waals surface area contributed by atoms with Gasteiger partial charge in [0.25, 0.3) is 0 Å². The third-order valence-electron chi connectivity index (χ3n) is 3.22. The largest absolute Gasteiger partial charge is 0.494 e. The highest BCUT2D eigenvalue weighted by Crippen LogP contribution is 2.17. The third-order valence-corrected chi connectivity index (χ3v) is 4.46. The Morgan fingerprint density at radius 2 is 1.18 bits per heavy atom. The van der Waals surface area contributed by atoms with Gasteiger partial charge in [-0.25, -0.2) is 0 Å². The highest BCUT2D eigenvalue weighted by atomic mass is 79.9. The molecule has 28 heavy (non-hydrogen) atoms. The van der Waals surface area contributed by atoms with E-state index in [4.69, 9.17) is 26.2 Å². The molecule has 2 rings (SSSR count). The first-order chi connectivity index (χ1) is 13.4. The molecule has 0 unspecified atom stereocenters. The van der Waals surface area contributed by atoms with E-state index in [1.165, 1.54) is 0 Å². The van der Waals surface area contributed by atoms with Crippen LogP contribution < -0.4 is 9.47 Å². The molecule has 5 nitrogen and oxygen atoms in total. The summed E-state index contributed by atoms with van der Waals surface area (Å²) in [6, 6.07) is 15.0. The van der Waals surface area contributed by atoms with Crippen LogP contribution in [0.5, 0.6) is 11.5 Å². The number of aliphatic carboxylic acids is 1. The molecule has 0 atom stereocenters. The van der Waals surface area contributed by atoms with Gasteiger partial charge in [0.2, 0.25) is 5.24 Å². The van der Waals surface area contributed by atoms with Crippen molar-refractivity contribution in [1.82, 2.24) is 0 Å². The van der Waals surface area contributed by atoms with Gasteiger partial charge in [-0.3, -0.25) is 9.59 Å². The summed E-state index contributed by atoms with van der Waals surface area (Å²) in [6.45, 7) is 0.952. The van der Waals surface area contributed by atoms with Crippen LogP contribution in [0.15, 0.2) is 57.5 Å². The molecule has 0 radical (unpaired) electrons. The van der Waals surface area contributed by atoms with E-state index >= 15 is 0 Å². The summed E-state index contributed by atoms with van der Waals surface area (Å²) >= 11 is 11.8. The van der Waals surface area contributed by atoms with E-state index in [1.807, 2.05) is 48.5 Å². The third kappa shape index (κ3) is 12.8. The normalized spacial score (nSPS) is 9.82. The van der Waals surface area contributed by atoms with E-state index < -0.39 is 5.97 Å². The zero-order valence-electron chi connectivity index (χ0n) is 15.1. The maximum absolute atomic E-state index is 10.4. The quantitative estimate of drug-likeness (QED) is 0.295. The Bertz CT molecular complexity index is 657. The van der Waals surface area contributed by atoms with E-state index in [1.54, 1.807) is 0 Å². The number of hydrogen-bond acceptors (Lipinski definition) is 4. The summed E-state index contributed by atoms with van der Waals surface area (Å²) in [5, 5.41) is 8.07. The first kappa shape index (κ1) is 24.5. The maximum Gasteiger partial charge on any atom is 0.303 e. The van der Waals surface area contributed by atoms with E-state index in [0.717, 1.165) is 20.4 Å². The van der Waals surface area contributed by atoms with Gasteiger partial charge in [-0.2, -0.15) is 0 Å². The van der Waals surface area contributed by atoms with Gasteiger partial charge in [0, 0.05) is 21.8 Å². The zero-order valence-corrected chi connectivity index (χ0v) is 19.0. The van der Waals surface area contributed by atoms with Crippen LogP contribution in [0.3, 0.4) is 0 Å². The monoisotopic (exact) mass is 534 g/mol. The van der Waals surface area contributed by atoms with Crippen molar-refractivity contribution in [3.05, 3.63) is 57.5 Å². The first-order valence-electron chi connectivity index (χ1n) is 8.53. The van der Waals surface area contributed by atoms with Crippen LogP contribution in [0.4, 0.5) is 0 Å². The van der Waals surface area contributed by atoms with Crippen molar-refractivity contribution in [3.8, 4) is 11.5 Å². The molecule has 8 heteroatoms. The van der Waals surface area contributed by atoms with Gasteiger partial charge in [0.15, 0.2) is 0 Å². The highest BCUT2D eigenvalue weighted by molar-refractivity contribution is 9.10. The Hall–Kier alpha value is -1.57. The summed E-state index contributed by atoms with van der Waals surface area (Å²) in [5.74, 6) is 0.776. The van der Waals surface area contributed by atoms with Crippen LogP contribution in [0.1, 0.15) is 25.7 Å². The summed E-state index contributed by atoms with van der Waals surface area (Å²) in [5.41, 5.74) is 0. The lowest BCUT2D eigenvalue weighted by Crippen LogP contribution is -2.01. The standard InChI is InChI=1S/C10H10BrClO2.C10H11BrO3/c2*11-8-3-5-9(6-4-8)14-7-1-2-10(12)13/h3-6H,1-2,7H2;3-6H,1-2,7H2,(H,12,13). The van der Waals surface area contributed by atoms with Crippen LogP contribution in [-0.2, 0) is 9.59 Å². The van der Waals surface area contributed by atoms with Gasteiger partial charge in [-0.1, -0.05) is 31.9 Å². The molecule has 0 saturated heterocycles. The maximum atomic E-state index is 10.4. The molecule has 0 saturated carbocycles. The smallest absolute Gasteiger partial charge is 0.303 e. The van der Waals surface area contributed by atoms with E-state index in [2.05, 4.69) is 31.9 Å². The lowest BCUT2D eigenvalue weighted by molar-refractivity contribution is -0.137. The topological polar surface area (TPSA) is 72.8 Å². The van der Waals surface area contributed by atoms with Crippen molar-refractivity contribution in [2.75, 3.05) is 13.2 Å². The molecule has 0 fully saturated rings. The van der Waals surface area contributed by atoms with E-state index in [9.17, 15) is 9.59 Å². The number of carbonyl (C=O) groups is 2. The Kier molecular flexibility index (Phi) is 12.6. The number of rotatable bonds is 10. The number of halogens is 3. The number of carboxylic acids is 1. The SMILES string of the molecule is O=C(Cl)CCCOc1ccc(Br)cc1.O=C(O)CCCOc1ccc(Br)cc1. The first-order valence-corrected chi connectivity index (χ1v) is 10.5. The molecule has 0 aliphatic carbocycles. The van der Waals surface area contributed by atoms with Gasteiger partial charge in [-0.15, -0.1) is 0 Å². The molecule has 152 valence electrons. The molecule has 0 heterocycles. The summed E-state index contributed by atoms with van der Waals surface area (Å²) in [7, 11) is 0. The molecular formula is C20H21Br2ClO5. The van der Waals surface area contributed by atoms with Crippen molar-refractivity contribution in [2.24, 2.45) is 0 Å². The molecule has 1 N–H and O–H groups in total. The molecule has 0 aliphatic heterocycles. The van der Waals surface area contributed by atoms with Crippen LogP contribution in [0.25, 0.3) is 0 Å².